The standard InChI is InChI=1S/C68H112N8O17S/c1-16-45(8)61(74(13)66(85)52(43(4)5)39-55(78)60(44(6)7)73(11)12)57(89-14)40-59(81)75-29-18-20-54(75)62(90-15)47(10)63(82)72-94(87,88)50-23-21-48(22-24-50)68(26-27-68)41-56(79)53(19-17-28-70-67(69)86)71-64(83)51(42(2)3)38-49(77)25-31-91-33-35-93-36-34-92-32-30-76-58(80)37-46(9)65(76)84/h21-24,42-47,51-54,57,60-62H,16-20,25-41H2,1-15H3,(H,71,83)(H,72,82)(H3,69,70,86)/t45-,46?,47+,51-,52-,53-,54-,57+,60-,61-,62?/m0/s1. The summed E-state index contributed by atoms with van der Waals surface area (Å²) in [6.07, 6.45) is 1.91. The molecule has 1 saturated carbocycles. The number of urea groups is 1. The summed E-state index contributed by atoms with van der Waals surface area (Å²) in [7, 11) is 3.91. The van der Waals surface area contributed by atoms with Crippen molar-refractivity contribution in [1.29, 1.82) is 0 Å². The minimum Gasteiger partial charge on any atom is -0.379 e. The monoisotopic (exact) mass is 1340 g/mol. The van der Waals surface area contributed by atoms with Crippen molar-refractivity contribution >= 4 is 68.8 Å². The van der Waals surface area contributed by atoms with Crippen LogP contribution in [-0.2, 0) is 82.3 Å². The lowest BCUT2D eigenvalue weighted by Gasteiger charge is -2.41. The van der Waals surface area contributed by atoms with Crippen molar-refractivity contribution in [2.24, 2.45) is 53.1 Å². The number of primary amides is 1. The molecule has 0 spiro atoms. The molecule has 11 atom stereocenters. The van der Waals surface area contributed by atoms with E-state index in [1.807, 2.05) is 74.4 Å². The fourth-order valence-corrected chi connectivity index (χ4v) is 14.3. The number of nitrogens with one attached hydrogen (secondary N) is 3. The molecule has 25 nitrogen and oxygen atoms in total. The lowest BCUT2D eigenvalue weighted by atomic mass is 9.83. The van der Waals surface area contributed by atoms with Crippen molar-refractivity contribution in [2.45, 2.75) is 199 Å². The molecule has 3 fully saturated rings. The van der Waals surface area contributed by atoms with Crippen molar-refractivity contribution < 1.29 is 80.0 Å². The Hall–Kier alpha value is -5.77. The van der Waals surface area contributed by atoms with Gasteiger partial charge in [-0.05, 0) is 94.0 Å². The van der Waals surface area contributed by atoms with E-state index in [0.717, 1.165) is 0 Å². The van der Waals surface area contributed by atoms with Gasteiger partial charge in [-0.25, -0.2) is 17.9 Å². The van der Waals surface area contributed by atoms with Crippen LogP contribution in [0.1, 0.15) is 158 Å². The van der Waals surface area contributed by atoms with E-state index in [1.54, 1.807) is 42.8 Å². The molecule has 5 N–H and O–H groups in total. The van der Waals surface area contributed by atoms with Crippen molar-refractivity contribution in [3.63, 3.8) is 0 Å². The summed E-state index contributed by atoms with van der Waals surface area (Å²) < 4.78 is 58.7. The maximum absolute atomic E-state index is 14.5. The van der Waals surface area contributed by atoms with E-state index >= 15 is 0 Å². The van der Waals surface area contributed by atoms with Gasteiger partial charge in [0.2, 0.25) is 35.4 Å². The van der Waals surface area contributed by atoms with Crippen LogP contribution >= 0.6 is 0 Å². The zero-order valence-electron chi connectivity index (χ0n) is 58.7. The van der Waals surface area contributed by atoms with Gasteiger partial charge in [-0.1, -0.05) is 87.8 Å². The minimum atomic E-state index is -4.45. The highest BCUT2D eigenvalue weighted by Crippen LogP contribution is 2.51. The van der Waals surface area contributed by atoms with E-state index in [2.05, 4.69) is 15.4 Å². The van der Waals surface area contributed by atoms with Gasteiger partial charge in [-0.2, -0.15) is 0 Å². The smallest absolute Gasteiger partial charge is 0.312 e. The lowest BCUT2D eigenvalue weighted by Crippen LogP contribution is -2.54. The number of nitrogens with two attached hydrogens (primary N) is 1. The number of hydrogen-bond acceptors (Lipinski definition) is 18. The molecular weight excluding hydrogens is 1230 g/mol. The maximum atomic E-state index is 14.5. The Morgan fingerprint density at radius 2 is 1.37 bits per heavy atom. The summed E-state index contributed by atoms with van der Waals surface area (Å²) in [6.45, 7) is 20.7. The van der Waals surface area contributed by atoms with Crippen molar-refractivity contribution in [3.05, 3.63) is 29.8 Å². The molecule has 3 aliphatic rings. The van der Waals surface area contributed by atoms with Crippen LogP contribution in [0, 0.1) is 47.3 Å². The third-order valence-corrected chi connectivity index (χ3v) is 20.5. The zero-order chi connectivity index (χ0) is 70.4. The predicted molar refractivity (Wildman–Crippen MR) is 353 cm³/mol. The molecule has 532 valence electrons. The molecule has 26 heteroatoms. The Morgan fingerprint density at radius 1 is 0.766 bits per heavy atom. The topological polar surface area (TPSA) is 326 Å². The summed E-state index contributed by atoms with van der Waals surface area (Å²) in [5, 5.41) is 5.42. The highest BCUT2D eigenvalue weighted by atomic mass is 32.2. The SMILES string of the molecule is CC[C@H](C)[C@@H]([C@@H](CC(=O)N1CCC[C@H]1C(OC)[C@@H](C)C(=O)NS(=O)(=O)c1ccc(C2(CC(=O)[C@H](CCCNC(N)=O)NC(=O)[C@@H](CC(=O)CCOCCOCCOCCN3C(=O)CC(C)C3=O)C(C)C)CC2)cc1)OC)N(C)C(=O)[C@@H](CC(=O)[C@H](C(C)C)N(C)C)C(C)C. The first-order valence-corrected chi connectivity index (χ1v) is 35.2. The predicted octanol–water partition coefficient (Wildman–Crippen LogP) is 5.22. The first-order valence-electron chi connectivity index (χ1n) is 33.7. The average molecular weight is 1350 g/mol. The number of ketones is 3. The number of amides is 8. The highest BCUT2D eigenvalue weighted by Gasteiger charge is 2.48. The summed E-state index contributed by atoms with van der Waals surface area (Å²) in [6, 6.07) is 2.76. The van der Waals surface area contributed by atoms with Crippen LogP contribution in [-0.4, -0.2) is 218 Å². The first kappa shape index (κ1) is 80.7. The minimum absolute atomic E-state index is 0.00213. The van der Waals surface area contributed by atoms with Crippen molar-refractivity contribution in [3.8, 4) is 0 Å². The second-order valence-corrected chi connectivity index (χ2v) is 29.0. The van der Waals surface area contributed by atoms with Crippen LogP contribution in [0.3, 0.4) is 0 Å². The average Bonchev–Trinajstić information content (AvgIpc) is 1.60. The van der Waals surface area contributed by atoms with E-state index in [-0.39, 0.29) is 179 Å². The molecule has 0 bridgehead atoms. The molecule has 2 unspecified atom stereocenters. The van der Waals surface area contributed by atoms with Gasteiger partial charge in [0.05, 0.1) is 99.8 Å². The Labute approximate surface area is 558 Å². The number of carbonyl (C=O) groups excluding carboxylic acids is 10. The maximum Gasteiger partial charge on any atom is 0.312 e. The molecule has 4 rings (SSSR count). The molecule has 8 amide bonds. The van der Waals surface area contributed by atoms with Crippen molar-refractivity contribution in [1.82, 2.24) is 35.0 Å². The number of benzene rings is 1. The molecule has 2 aliphatic heterocycles. The molecule has 2 saturated heterocycles. The quantitative estimate of drug-likeness (QED) is 0.0480. The van der Waals surface area contributed by atoms with E-state index in [1.165, 1.54) is 31.3 Å². The van der Waals surface area contributed by atoms with Gasteiger partial charge in [-0.3, -0.25) is 53.0 Å². The third-order valence-electron chi connectivity index (χ3n) is 19.2. The Balaban J connectivity index is 1.35. The number of hydrogen-bond donors (Lipinski definition) is 4. The van der Waals surface area contributed by atoms with Crippen LogP contribution in [0.4, 0.5) is 4.79 Å². The van der Waals surface area contributed by atoms with Crippen LogP contribution < -0.4 is 21.1 Å². The van der Waals surface area contributed by atoms with E-state index in [9.17, 15) is 56.4 Å². The van der Waals surface area contributed by atoms with Gasteiger partial charge >= 0.3 is 6.03 Å². The highest BCUT2D eigenvalue weighted by molar-refractivity contribution is 7.90. The molecule has 1 aliphatic carbocycles. The van der Waals surface area contributed by atoms with Crippen LogP contribution in [0.5, 0.6) is 0 Å². The number of methoxy groups -OCH3 is 2. The summed E-state index contributed by atoms with van der Waals surface area (Å²) >= 11 is 0. The second-order valence-electron chi connectivity index (χ2n) is 27.3. The number of carbonyl (C=O) groups is 10. The van der Waals surface area contributed by atoms with Crippen LogP contribution in [0.15, 0.2) is 29.2 Å². The van der Waals surface area contributed by atoms with Gasteiger partial charge in [0.25, 0.3) is 10.0 Å². The molecular formula is C68H112N8O17S. The Bertz CT molecular complexity index is 2810. The second kappa shape index (κ2) is 38.2. The van der Waals surface area contributed by atoms with Gasteiger partial charge in [0.15, 0.2) is 11.6 Å². The van der Waals surface area contributed by atoms with E-state index in [0.29, 0.717) is 50.6 Å². The Morgan fingerprint density at radius 3 is 1.89 bits per heavy atom. The molecule has 1 aromatic carbocycles. The van der Waals surface area contributed by atoms with Crippen LogP contribution in [0.2, 0.25) is 0 Å². The normalized spacial score (nSPS) is 19.4. The fourth-order valence-electron chi connectivity index (χ4n) is 13.3. The largest absolute Gasteiger partial charge is 0.379 e. The van der Waals surface area contributed by atoms with Gasteiger partial charge in [-0.15, -0.1) is 0 Å². The Kier molecular flexibility index (Phi) is 32.8. The lowest BCUT2D eigenvalue weighted by molar-refractivity contribution is -0.149. The molecule has 1 aromatic rings. The fraction of sp³-hybridized carbons (Fsp3) is 0.765. The zero-order valence-corrected chi connectivity index (χ0v) is 59.5. The number of nitrogens with zero attached hydrogens (tertiary/aromatic N) is 4. The number of rotatable bonds is 45. The van der Waals surface area contributed by atoms with E-state index in [4.69, 9.17) is 29.4 Å². The molecule has 0 aromatic heterocycles. The van der Waals surface area contributed by atoms with E-state index < -0.39 is 81.4 Å². The number of likely N-dealkylation sites (N-methyl/N-ethyl adjacent to an activating group) is 2. The number of Topliss-reactive ketones (excluding diaryl/α,β-unsaturated/α-hetero) is 3. The summed E-state index contributed by atoms with van der Waals surface area (Å²) in [5.41, 5.74) is 5.31. The van der Waals surface area contributed by atoms with Gasteiger partial charge < -0.3 is 49.9 Å². The molecule has 94 heavy (non-hydrogen) atoms. The summed E-state index contributed by atoms with van der Waals surface area (Å²) in [5.74, 6) is -5.87. The third kappa shape index (κ3) is 23.2. The first-order chi connectivity index (χ1) is 44.3. The van der Waals surface area contributed by atoms with Gasteiger partial charge in [0.1, 0.15) is 5.78 Å². The van der Waals surface area contributed by atoms with Crippen LogP contribution in [0.25, 0.3) is 0 Å². The number of imide groups is 1. The number of sulfonamides is 1. The van der Waals surface area contributed by atoms with Crippen molar-refractivity contribution in [2.75, 3.05) is 94.6 Å². The number of ether oxygens (including phenoxy) is 5. The van der Waals surface area contributed by atoms with Gasteiger partial charge in [0, 0.05) is 89.6 Å². The summed E-state index contributed by atoms with van der Waals surface area (Å²) in [4.78, 5) is 140. The molecule has 0 radical (unpaired) electrons. The number of likely N-dealkylation sites (tertiary alicyclic amines) is 2. The molecule has 2 heterocycles.